The first-order chi connectivity index (χ1) is 14.4. The van der Waals surface area contributed by atoms with Gasteiger partial charge in [-0.3, -0.25) is 0 Å². The second kappa shape index (κ2) is 8.61. The smallest absolute Gasteiger partial charge is 0.326 e. The van der Waals surface area contributed by atoms with Gasteiger partial charge < -0.3 is 4.90 Å². The maximum atomic E-state index is 12.9. The number of alkyl halides is 6. The highest BCUT2D eigenvalue weighted by Gasteiger charge is 2.31. The van der Waals surface area contributed by atoms with E-state index in [1.807, 2.05) is 13.8 Å². The van der Waals surface area contributed by atoms with E-state index in [2.05, 4.69) is 4.98 Å². The number of anilines is 2. The van der Waals surface area contributed by atoms with Crippen LogP contribution in [0.4, 0.5) is 37.8 Å². The lowest BCUT2D eigenvalue weighted by Gasteiger charge is -2.26. The number of aromatic nitrogens is 1. The van der Waals surface area contributed by atoms with Crippen LogP contribution in [0.2, 0.25) is 0 Å². The van der Waals surface area contributed by atoms with E-state index < -0.39 is 23.5 Å². The molecule has 0 aliphatic carbocycles. The summed E-state index contributed by atoms with van der Waals surface area (Å²) in [6, 6.07) is 14.6. The Hall–Kier alpha value is -3.03. The Balaban J connectivity index is 1.96. The summed E-state index contributed by atoms with van der Waals surface area (Å²) in [6.45, 7) is 4.43. The molecule has 0 N–H and O–H groups in total. The molecule has 3 rings (SSSR count). The molecule has 0 saturated carbocycles. The van der Waals surface area contributed by atoms with Gasteiger partial charge in [0.2, 0.25) is 0 Å². The number of pyridine rings is 1. The summed E-state index contributed by atoms with van der Waals surface area (Å²) in [5, 5.41) is 0. The van der Waals surface area contributed by atoms with Crippen LogP contribution in [0.3, 0.4) is 0 Å². The van der Waals surface area contributed by atoms with Crippen LogP contribution in [0.15, 0.2) is 66.7 Å². The van der Waals surface area contributed by atoms with Crippen molar-refractivity contribution in [2.45, 2.75) is 26.2 Å². The largest absolute Gasteiger partial charge is 0.416 e. The van der Waals surface area contributed by atoms with Gasteiger partial charge in [0, 0.05) is 17.8 Å². The molecule has 8 heteroatoms. The Kier molecular flexibility index (Phi) is 6.29. The van der Waals surface area contributed by atoms with Crippen LogP contribution in [0.25, 0.3) is 11.3 Å². The average Bonchev–Trinajstić information content (AvgIpc) is 2.71. The van der Waals surface area contributed by atoms with Gasteiger partial charge in [-0.25, -0.2) is 4.98 Å². The van der Waals surface area contributed by atoms with E-state index in [1.54, 1.807) is 23.1 Å². The molecule has 164 valence electrons. The summed E-state index contributed by atoms with van der Waals surface area (Å²) in [5.41, 5.74) is 0.0169. The van der Waals surface area contributed by atoms with Crippen LogP contribution >= 0.6 is 0 Å². The zero-order valence-electron chi connectivity index (χ0n) is 16.8. The maximum Gasteiger partial charge on any atom is 0.416 e. The number of hydrogen-bond donors (Lipinski definition) is 0. The van der Waals surface area contributed by atoms with E-state index >= 15 is 0 Å². The first-order valence-corrected chi connectivity index (χ1v) is 9.54. The van der Waals surface area contributed by atoms with Crippen LogP contribution in [0.1, 0.15) is 25.0 Å². The first kappa shape index (κ1) is 22.7. The van der Waals surface area contributed by atoms with Crippen molar-refractivity contribution in [2.24, 2.45) is 5.92 Å². The van der Waals surface area contributed by atoms with Crippen molar-refractivity contribution in [3.8, 4) is 11.3 Å². The zero-order chi connectivity index (χ0) is 22.8. The van der Waals surface area contributed by atoms with Crippen molar-refractivity contribution in [1.29, 1.82) is 0 Å². The fourth-order valence-electron chi connectivity index (χ4n) is 3.09. The lowest BCUT2D eigenvalue weighted by molar-refractivity contribution is -0.138. The van der Waals surface area contributed by atoms with Crippen molar-refractivity contribution in [3.63, 3.8) is 0 Å². The van der Waals surface area contributed by atoms with E-state index in [0.717, 1.165) is 24.3 Å². The summed E-state index contributed by atoms with van der Waals surface area (Å²) in [5.74, 6) is 0.671. The molecule has 0 aliphatic rings. The van der Waals surface area contributed by atoms with Crippen molar-refractivity contribution < 1.29 is 26.3 Å². The van der Waals surface area contributed by atoms with E-state index in [1.165, 1.54) is 24.3 Å². The molecule has 0 aliphatic heterocycles. The van der Waals surface area contributed by atoms with Gasteiger partial charge in [0.1, 0.15) is 5.82 Å². The quantitative estimate of drug-likeness (QED) is 0.382. The minimum Gasteiger partial charge on any atom is -0.326 e. The lowest BCUT2D eigenvalue weighted by Crippen LogP contribution is -2.23. The van der Waals surface area contributed by atoms with E-state index in [9.17, 15) is 26.3 Å². The second-order valence-electron chi connectivity index (χ2n) is 7.51. The summed E-state index contributed by atoms with van der Waals surface area (Å²) >= 11 is 0. The van der Waals surface area contributed by atoms with Crippen molar-refractivity contribution in [3.05, 3.63) is 77.9 Å². The molecule has 0 saturated heterocycles. The molecule has 0 fully saturated rings. The molecule has 0 bridgehead atoms. The summed E-state index contributed by atoms with van der Waals surface area (Å²) < 4.78 is 77.1. The molecule has 1 heterocycles. The number of hydrogen-bond acceptors (Lipinski definition) is 2. The molecule has 2 nitrogen and oxygen atoms in total. The van der Waals surface area contributed by atoms with Gasteiger partial charge in [-0.2, -0.15) is 26.3 Å². The van der Waals surface area contributed by atoms with Gasteiger partial charge in [-0.05, 0) is 54.4 Å². The number of rotatable bonds is 5. The Bertz CT molecular complexity index is 1010. The Morgan fingerprint density at radius 3 is 1.74 bits per heavy atom. The fourth-order valence-corrected chi connectivity index (χ4v) is 3.09. The van der Waals surface area contributed by atoms with Crippen molar-refractivity contribution in [1.82, 2.24) is 4.98 Å². The third-order valence-electron chi connectivity index (χ3n) is 4.57. The van der Waals surface area contributed by atoms with Gasteiger partial charge in [-0.1, -0.05) is 32.0 Å². The lowest BCUT2D eigenvalue weighted by atomic mass is 10.1. The molecule has 3 aromatic rings. The van der Waals surface area contributed by atoms with Gasteiger partial charge in [0.15, 0.2) is 0 Å². The molecule has 1 aromatic heterocycles. The first-order valence-electron chi connectivity index (χ1n) is 9.54. The Morgan fingerprint density at radius 2 is 1.26 bits per heavy atom. The van der Waals surface area contributed by atoms with Gasteiger partial charge in [0.05, 0.1) is 16.8 Å². The molecular formula is C23H20F6N2. The average molecular weight is 438 g/mol. The fraction of sp³-hybridized carbons (Fsp3) is 0.261. The third-order valence-corrected chi connectivity index (χ3v) is 4.57. The molecule has 0 radical (unpaired) electrons. The van der Waals surface area contributed by atoms with E-state index in [0.29, 0.717) is 29.3 Å². The third kappa shape index (κ3) is 5.57. The van der Waals surface area contributed by atoms with Crippen molar-refractivity contribution >= 4 is 11.5 Å². The summed E-state index contributed by atoms with van der Waals surface area (Å²) in [4.78, 5) is 6.35. The highest BCUT2D eigenvalue weighted by molar-refractivity contribution is 5.66. The number of halogens is 6. The molecular weight excluding hydrogens is 418 g/mol. The molecule has 0 atom stereocenters. The minimum absolute atomic E-state index is 0.179. The normalized spacial score (nSPS) is 12.3. The van der Waals surface area contributed by atoms with Crippen LogP contribution in [0.5, 0.6) is 0 Å². The van der Waals surface area contributed by atoms with Crippen LogP contribution in [0, 0.1) is 5.92 Å². The second-order valence-corrected chi connectivity index (χ2v) is 7.51. The molecule has 0 unspecified atom stereocenters. The van der Waals surface area contributed by atoms with E-state index in [4.69, 9.17) is 0 Å². The summed E-state index contributed by atoms with van der Waals surface area (Å²) in [7, 11) is 0. The topological polar surface area (TPSA) is 16.1 Å². The maximum absolute atomic E-state index is 12.9. The summed E-state index contributed by atoms with van der Waals surface area (Å²) in [6.07, 6.45) is -8.85. The molecule has 0 spiro atoms. The molecule has 31 heavy (non-hydrogen) atoms. The highest BCUT2D eigenvalue weighted by atomic mass is 19.4. The Morgan fingerprint density at radius 1 is 0.742 bits per heavy atom. The Labute approximate surface area is 176 Å². The SMILES string of the molecule is CC(C)CN(c1ccc(C(F)(F)F)cc1)c1cccc(-c2ccc(C(F)(F)F)cc2)n1. The molecule has 2 aromatic carbocycles. The van der Waals surface area contributed by atoms with Gasteiger partial charge >= 0.3 is 12.4 Å². The van der Waals surface area contributed by atoms with Crippen LogP contribution in [-0.2, 0) is 12.4 Å². The number of benzene rings is 2. The van der Waals surface area contributed by atoms with Gasteiger partial charge in [-0.15, -0.1) is 0 Å². The van der Waals surface area contributed by atoms with Crippen LogP contribution in [-0.4, -0.2) is 11.5 Å². The van der Waals surface area contributed by atoms with Crippen molar-refractivity contribution in [2.75, 3.05) is 11.4 Å². The predicted molar refractivity (Wildman–Crippen MR) is 108 cm³/mol. The predicted octanol–water partition coefficient (Wildman–Crippen LogP) is 7.58. The zero-order valence-corrected chi connectivity index (χ0v) is 16.8. The van der Waals surface area contributed by atoms with E-state index in [-0.39, 0.29) is 5.92 Å². The number of nitrogens with zero attached hydrogens (tertiary/aromatic N) is 2. The van der Waals surface area contributed by atoms with Gasteiger partial charge in [0.25, 0.3) is 0 Å². The standard InChI is InChI=1S/C23H20F6N2/c1-15(2)14-31(19-12-10-18(11-13-19)23(27,28)29)21-5-3-4-20(30-21)16-6-8-17(9-7-16)22(24,25)26/h3-13,15H,14H2,1-2H3. The molecule has 0 amide bonds. The minimum atomic E-state index is -4.43. The van der Waals surface area contributed by atoms with Crippen LogP contribution < -0.4 is 4.90 Å². The monoisotopic (exact) mass is 438 g/mol. The highest BCUT2D eigenvalue weighted by Crippen LogP contribution is 2.34.